The van der Waals surface area contributed by atoms with Crippen LogP contribution in [-0.4, -0.2) is 24.8 Å². The number of hydrogen-bond acceptors (Lipinski definition) is 8. The topological polar surface area (TPSA) is 125 Å². The molecule has 19 heavy (non-hydrogen) atoms. The van der Waals surface area contributed by atoms with Gasteiger partial charge in [-0.1, -0.05) is 0 Å². The molecule has 0 bridgehead atoms. The van der Waals surface area contributed by atoms with Gasteiger partial charge in [-0.3, -0.25) is 20.2 Å². The maximum Gasteiger partial charge on any atom is 0.308 e. The summed E-state index contributed by atoms with van der Waals surface area (Å²) in [6, 6.07) is 2.46. The van der Waals surface area contributed by atoms with Crippen LogP contribution in [0.2, 0.25) is 0 Å². The number of aromatic nitrogens is 3. The second kappa shape index (κ2) is 5.35. The average molecular weight is 279 g/mol. The fourth-order valence-electron chi connectivity index (χ4n) is 1.16. The lowest BCUT2D eigenvalue weighted by atomic mass is 10.4. The molecule has 0 N–H and O–H groups in total. The van der Waals surface area contributed by atoms with Crippen molar-refractivity contribution in [1.82, 2.24) is 15.0 Å². The van der Waals surface area contributed by atoms with Crippen LogP contribution >= 0.6 is 11.8 Å². The van der Waals surface area contributed by atoms with Crippen molar-refractivity contribution in [2.75, 3.05) is 0 Å². The van der Waals surface area contributed by atoms with Gasteiger partial charge in [0.15, 0.2) is 10.2 Å². The molecule has 2 heterocycles. The molecule has 0 aliphatic rings. The Morgan fingerprint density at radius 2 is 1.74 bits per heavy atom. The van der Waals surface area contributed by atoms with E-state index in [1.807, 2.05) is 0 Å². The third-order valence-electron chi connectivity index (χ3n) is 1.96. The molecule has 96 valence electrons. The van der Waals surface area contributed by atoms with Crippen LogP contribution in [-0.2, 0) is 0 Å². The van der Waals surface area contributed by atoms with Gasteiger partial charge in [0, 0.05) is 12.4 Å². The highest BCUT2D eigenvalue weighted by molar-refractivity contribution is 7.99. The van der Waals surface area contributed by atoms with E-state index in [9.17, 15) is 20.2 Å². The molecule has 0 aliphatic carbocycles. The van der Waals surface area contributed by atoms with Gasteiger partial charge in [0.2, 0.25) is 0 Å². The molecule has 0 radical (unpaired) electrons. The SMILES string of the molecule is O=[N+]([O-])c1cnc(Sc2ncccn2)c([N+](=O)[O-])c1. The zero-order valence-corrected chi connectivity index (χ0v) is 9.98. The molecule has 0 saturated carbocycles. The van der Waals surface area contributed by atoms with Crippen molar-refractivity contribution in [3.63, 3.8) is 0 Å². The molecule has 0 saturated heterocycles. The van der Waals surface area contributed by atoms with Gasteiger partial charge in [-0.25, -0.2) is 15.0 Å². The van der Waals surface area contributed by atoms with Crippen molar-refractivity contribution in [2.45, 2.75) is 10.2 Å². The lowest BCUT2D eigenvalue weighted by Gasteiger charge is -2.00. The smallest absolute Gasteiger partial charge is 0.258 e. The predicted molar refractivity (Wildman–Crippen MR) is 63.7 cm³/mol. The van der Waals surface area contributed by atoms with Crippen LogP contribution in [0.3, 0.4) is 0 Å². The van der Waals surface area contributed by atoms with E-state index in [4.69, 9.17) is 0 Å². The fraction of sp³-hybridized carbons (Fsp3) is 0. The Labute approximate surface area is 110 Å². The van der Waals surface area contributed by atoms with Gasteiger partial charge < -0.3 is 0 Å². The van der Waals surface area contributed by atoms with Crippen LogP contribution in [0.5, 0.6) is 0 Å². The van der Waals surface area contributed by atoms with Gasteiger partial charge in [0.05, 0.1) is 15.9 Å². The number of nitro groups is 2. The molecule has 0 aromatic carbocycles. The van der Waals surface area contributed by atoms with E-state index in [0.29, 0.717) is 0 Å². The Balaban J connectivity index is 2.40. The summed E-state index contributed by atoms with van der Waals surface area (Å²) in [5, 5.41) is 21.7. The van der Waals surface area contributed by atoms with E-state index in [1.54, 1.807) is 6.07 Å². The van der Waals surface area contributed by atoms with Crippen LogP contribution in [0.15, 0.2) is 40.9 Å². The fourth-order valence-corrected chi connectivity index (χ4v) is 1.91. The first-order chi connectivity index (χ1) is 9.08. The minimum Gasteiger partial charge on any atom is -0.258 e. The Morgan fingerprint density at radius 1 is 1.05 bits per heavy atom. The highest BCUT2D eigenvalue weighted by atomic mass is 32.2. The van der Waals surface area contributed by atoms with E-state index in [2.05, 4.69) is 15.0 Å². The minimum atomic E-state index is -0.743. The Morgan fingerprint density at radius 3 is 2.32 bits per heavy atom. The van der Waals surface area contributed by atoms with Crippen molar-refractivity contribution in [1.29, 1.82) is 0 Å². The molecule has 2 rings (SSSR count). The molecule has 0 atom stereocenters. The largest absolute Gasteiger partial charge is 0.308 e. The van der Waals surface area contributed by atoms with Crippen LogP contribution in [0.25, 0.3) is 0 Å². The molecule has 0 spiro atoms. The highest BCUT2D eigenvalue weighted by Crippen LogP contribution is 2.32. The average Bonchev–Trinajstić information content (AvgIpc) is 2.39. The second-order valence-electron chi connectivity index (χ2n) is 3.17. The first-order valence-electron chi connectivity index (χ1n) is 4.81. The van der Waals surface area contributed by atoms with Gasteiger partial charge in [-0.15, -0.1) is 0 Å². The van der Waals surface area contributed by atoms with E-state index in [1.165, 1.54) is 12.4 Å². The summed E-state index contributed by atoms with van der Waals surface area (Å²) in [4.78, 5) is 31.4. The van der Waals surface area contributed by atoms with Crippen LogP contribution in [0.4, 0.5) is 11.4 Å². The summed E-state index contributed by atoms with van der Waals surface area (Å²) in [6.45, 7) is 0. The van der Waals surface area contributed by atoms with Crippen molar-refractivity contribution in [2.24, 2.45) is 0 Å². The maximum absolute atomic E-state index is 10.9. The standard InChI is InChI=1S/C9H5N5O4S/c15-13(16)6-4-7(14(17)18)8(12-5-6)19-9-10-2-1-3-11-9/h1-5H. The highest BCUT2D eigenvalue weighted by Gasteiger charge is 2.22. The number of pyridine rings is 1. The van der Waals surface area contributed by atoms with Gasteiger partial charge in [0.25, 0.3) is 5.69 Å². The predicted octanol–water partition coefficient (Wildman–Crippen LogP) is 1.84. The van der Waals surface area contributed by atoms with Gasteiger partial charge >= 0.3 is 5.69 Å². The van der Waals surface area contributed by atoms with Gasteiger partial charge in [0.1, 0.15) is 6.20 Å². The van der Waals surface area contributed by atoms with Crippen LogP contribution < -0.4 is 0 Å². The monoisotopic (exact) mass is 279 g/mol. The quantitative estimate of drug-likeness (QED) is 0.471. The summed E-state index contributed by atoms with van der Waals surface area (Å²) in [7, 11) is 0. The summed E-state index contributed by atoms with van der Waals surface area (Å²) in [5.74, 6) is 0. The van der Waals surface area contributed by atoms with Gasteiger partial charge in [-0.05, 0) is 17.8 Å². The summed E-state index contributed by atoms with van der Waals surface area (Å²) in [6.07, 6.45) is 3.91. The summed E-state index contributed by atoms with van der Waals surface area (Å²) >= 11 is 0.865. The molecule has 0 aliphatic heterocycles. The summed E-state index contributed by atoms with van der Waals surface area (Å²) in [5.41, 5.74) is -0.892. The number of hydrogen-bond donors (Lipinski definition) is 0. The molecular weight excluding hydrogens is 274 g/mol. The van der Waals surface area contributed by atoms with E-state index < -0.39 is 21.2 Å². The molecule has 0 amide bonds. The molecule has 9 nitrogen and oxygen atoms in total. The van der Waals surface area contributed by atoms with Crippen molar-refractivity contribution < 1.29 is 9.85 Å². The normalized spacial score (nSPS) is 10.1. The molecule has 2 aromatic rings. The van der Waals surface area contributed by atoms with Crippen LogP contribution in [0, 0.1) is 20.2 Å². The molecule has 0 unspecified atom stereocenters. The zero-order chi connectivity index (χ0) is 13.8. The van der Waals surface area contributed by atoms with Crippen molar-refractivity contribution >= 4 is 23.1 Å². The van der Waals surface area contributed by atoms with Crippen LogP contribution in [0.1, 0.15) is 0 Å². The van der Waals surface area contributed by atoms with Crippen molar-refractivity contribution in [3.05, 3.63) is 51.0 Å². The zero-order valence-electron chi connectivity index (χ0n) is 9.16. The van der Waals surface area contributed by atoms with Crippen molar-refractivity contribution in [3.8, 4) is 0 Å². The maximum atomic E-state index is 10.9. The second-order valence-corrected chi connectivity index (χ2v) is 4.12. The lowest BCUT2D eigenvalue weighted by molar-refractivity contribution is -0.396. The molecule has 2 aromatic heterocycles. The first kappa shape index (κ1) is 12.8. The third-order valence-corrected chi connectivity index (χ3v) is 2.86. The third kappa shape index (κ3) is 2.98. The number of rotatable bonds is 4. The van der Waals surface area contributed by atoms with E-state index in [0.717, 1.165) is 24.0 Å². The minimum absolute atomic E-state index is 0.00167. The Hall–Kier alpha value is -2.62. The molecular formula is C9H5N5O4S. The Kier molecular flexibility index (Phi) is 3.61. The van der Waals surface area contributed by atoms with E-state index >= 15 is 0 Å². The number of nitrogens with zero attached hydrogens (tertiary/aromatic N) is 5. The summed E-state index contributed by atoms with van der Waals surface area (Å²) < 4.78 is 0. The van der Waals surface area contributed by atoms with Gasteiger partial charge in [-0.2, -0.15) is 0 Å². The first-order valence-corrected chi connectivity index (χ1v) is 5.63. The molecule has 0 fully saturated rings. The van der Waals surface area contributed by atoms with E-state index in [-0.39, 0.29) is 10.2 Å². The Bertz CT molecular complexity index is 636. The lowest BCUT2D eigenvalue weighted by Crippen LogP contribution is -1.97. The molecule has 10 heteroatoms.